The highest BCUT2D eigenvalue weighted by Crippen LogP contribution is 2.40. The van der Waals surface area contributed by atoms with E-state index in [1.165, 1.54) is 0 Å². The molecular formula is C22H25N5O2S. The number of nitrogens with one attached hydrogen (secondary N) is 1. The number of likely N-dealkylation sites (N-methyl/N-ethyl adjacent to an activating group) is 1. The maximum Gasteiger partial charge on any atom is 0.246 e. The molecule has 3 heterocycles. The van der Waals surface area contributed by atoms with Crippen LogP contribution in [0.1, 0.15) is 22.0 Å². The number of aliphatic hydroxyl groups excluding tert-OH is 1. The summed E-state index contributed by atoms with van der Waals surface area (Å²) in [4.78, 5) is 27.4. The topological polar surface area (TPSA) is 81.6 Å². The third-order valence-corrected chi connectivity index (χ3v) is 6.22. The van der Waals surface area contributed by atoms with E-state index >= 15 is 0 Å². The predicted octanol–water partition coefficient (Wildman–Crippen LogP) is 2.80. The first-order valence-corrected chi connectivity index (χ1v) is 10.7. The van der Waals surface area contributed by atoms with Gasteiger partial charge < -0.3 is 20.2 Å². The fraction of sp³-hybridized carbons (Fsp3) is 0.318. The third-order valence-electron chi connectivity index (χ3n) is 5.09. The van der Waals surface area contributed by atoms with Crippen LogP contribution in [-0.4, -0.2) is 58.0 Å². The van der Waals surface area contributed by atoms with Crippen LogP contribution in [0.4, 0.5) is 5.82 Å². The van der Waals surface area contributed by atoms with E-state index in [1.807, 2.05) is 60.3 Å². The van der Waals surface area contributed by atoms with Crippen molar-refractivity contribution in [3.8, 4) is 0 Å². The molecule has 0 saturated heterocycles. The number of aliphatic hydroxyl groups is 1. The Morgan fingerprint density at radius 1 is 1.30 bits per heavy atom. The molecule has 0 bridgehead atoms. The van der Waals surface area contributed by atoms with Crippen molar-refractivity contribution in [3.05, 3.63) is 64.8 Å². The van der Waals surface area contributed by atoms with Gasteiger partial charge in [0.05, 0.1) is 24.6 Å². The van der Waals surface area contributed by atoms with E-state index in [9.17, 15) is 9.90 Å². The van der Waals surface area contributed by atoms with Crippen LogP contribution >= 0.6 is 11.3 Å². The van der Waals surface area contributed by atoms with Crippen LogP contribution in [0.25, 0.3) is 10.2 Å². The summed E-state index contributed by atoms with van der Waals surface area (Å²) in [5, 5.41) is 14.2. The molecule has 156 valence electrons. The molecule has 0 saturated carbocycles. The fourth-order valence-corrected chi connectivity index (χ4v) is 4.74. The molecule has 0 aliphatic carbocycles. The van der Waals surface area contributed by atoms with Gasteiger partial charge in [-0.15, -0.1) is 11.3 Å². The van der Waals surface area contributed by atoms with Crippen molar-refractivity contribution in [3.63, 3.8) is 0 Å². The van der Waals surface area contributed by atoms with Crippen molar-refractivity contribution in [2.75, 3.05) is 32.6 Å². The zero-order valence-corrected chi connectivity index (χ0v) is 17.9. The molecule has 7 nitrogen and oxygen atoms in total. The SMILES string of the molecule is CN(C)CC=CC(=O)N1Cc2sc3ncnc(N[C@H](CO)c4ccccc4)c3c2C1. The number of aromatic nitrogens is 2. The van der Waals surface area contributed by atoms with Crippen LogP contribution in [0.3, 0.4) is 0 Å². The Morgan fingerprint density at radius 3 is 2.83 bits per heavy atom. The lowest BCUT2D eigenvalue weighted by atomic mass is 10.1. The Bertz CT molecular complexity index is 1060. The average Bonchev–Trinajstić information content (AvgIpc) is 3.30. The number of hydrogen-bond donors (Lipinski definition) is 2. The fourth-order valence-electron chi connectivity index (χ4n) is 3.57. The second-order valence-electron chi connectivity index (χ2n) is 7.56. The number of rotatable bonds is 7. The summed E-state index contributed by atoms with van der Waals surface area (Å²) >= 11 is 1.60. The molecule has 1 aromatic carbocycles. The maximum atomic E-state index is 12.6. The lowest BCUT2D eigenvalue weighted by Gasteiger charge is -2.18. The number of amides is 1. The molecule has 0 spiro atoms. The lowest BCUT2D eigenvalue weighted by molar-refractivity contribution is -0.126. The van der Waals surface area contributed by atoms with Crippen LogP contribution in [0.15, 0.2) is 48.8 Å². The van der Waals surface area contributed by atoms with Gasteiger partial charge in [-0.1, -0.05) is 36.4 Å². The summed E-state index contributed by atoms with van der Waals surface area (Å²) in [6.45, 7) is 1.80. The Hall–Kier alpha value is -2.81. The Labute approximate surface area is 179 Å². The van der Waals surface area contributed by atoms with Gasteiger partial charge in [0.15, 0.2) is 0 Å². The van der Waals surface area contributed by atoms with Crippen LogP contribution in [0, 0.1) is 0 Å². The van der Waals surface area contributed by atoms with Crippen molar-refractivity contribution >= 4 is 33.3 Å². The first kappa shape index (κ1) is 20.5. The number of carbonyl (C=O) groups excluding carboxylic acids is 1. The monoisotopic (exact) mass is 423 g/mol. The van der Waals surface area contributed by atoms with Crippen LogP contribution in [0.5, 0.6) is 0 Å². The van der Waals surface area contributed by atoms with E-state index in [2.05, 4.69) is 15.3 Å². The smallest absolute Gasteiger partial charge is 0.246 e. The van der Waals surface area contributed by atoms with Crippen molar-refractivity contribution < 1.29 is 9.90 Å². The first-order chi connectivity index (χ1) is 14.6. The molecule has 1 aliphatic heterocycles. The summed E-state index contributed by atoms with van der Waals surface area (Å²) in [6, 6.07) is 9.53. The molecule has 3 aromatic rings. The van der Waals surface area contributed by atoms with E-state index in [-0.39, 0.29) is 18.6 Å². The third kappa shape index (κ3) is 4.21. The van der Waals surface area contributed by atoms with Gasteiger partial charge >= 0.3 is 0 Å². The van der Waals surface area contributed by atoms with Crippen molar-refractivity contribution in [1.82, 2.24) is 19.8 Å². The average molecular weight is 424 g/mol. The minimum atomic E-state index is -0.270. The number of nitrogens with zero attached hydrogens (tertiary/aromatic N) is 4. The summed E-state index contributed by atoms with van der Waals surface area (Å²) < 4.78 is 0. The standard InChI is InChI=1S/C22H25N5O2S/c1-26(2)10-6-9-19(29)27-11-16-18(12-27)30-22-20(16)21(23-14-24-22)25-17(13-28)15-7-4-3-5-8-15/h3-9,14,17,28H,10-13H2,1-2H3,(H,23,24,25)/t17-/m1/s1. The van der Waals surface area contributed by atoms with E-state index in [0.717, 1.165) is 32.8 Å². The molecule has 8 heteroatoms. The molecular weight excluding hydrogens is 398 g/mol. The van der Waals surface area contributed by atoms with E-state index in [0.29, 0.717) is 18.9 Å². The number of anilines is 1. The second kappa shape index (κ2) is 8.91. The van der Waals surface area contributed by atoms with Crippen LogP contribution in [0.2, 0.25) is 0 Å². The van der Waals surface area contributed by atoms with Crippen LogP contribution in [-0.2, 0) is 17.9 Å². The molecule has 1 amide bonds. The number of thiophene rings is 1. The highest BCUT2D eigenvalue weighted by molar-refractivity contribution is 7.19. The summed E-state index contributed by atoms with van der Waals surface area (Å²) in [5.41, 5.74) is 2.08. The maximum absolute atomic E-state index is 12.6. The molecule has 2 aromatic heterocycles. The molecule has 4 rings (SSSR count). The first-order valence-electron chi connectivity index (χ1n) is 9.84. The summed E-state index contributed by atoms with van der Waals surface area (Å²) in [5.74, 6) is 0.704. The Kier molecular flexibility index (Phi) is 6.08. The normalized spacial score (nSPS) is 14.6. The van der Waals surface area contributed by atoms with Gasteiger partial charge in [-0.05, 0) is 19.7 Å². The zero-order chi connectivity index (χ0) is 21.1. The zero-order valence-electron chi connectivity index (χ0n) is 17.1. The highest BCUT2D eigenvalue weighted by Gasteiger charge is 2.28. The van der Waals surface area contributed by atoms with Crippen molar-refractivity contribution in [2.45, 2.75) is 19.1 Å². The molecule has 0 fully saturated rings. The largest absolute Gasteiger partial charge is 0.394 e. The van der Waals surface area contributed by atoms with Gasteiger partial charge in [-0.25, -0.2) is 9.97 Å². The number of fused-ring (bicyclic) bond motifs is 3. The second-order valence-corrected chi connectivity index (χ2v) is 8.64. The van der Waals surface area contributed by atoms with E-state index in [4.69, 9.17) is 0 Å². The summed E-state index contributed by atoms with van der Waals surface area (Å²) in [6.07, 6.45) is 5.07. The molecule has 1 aliphatic rings. The van der Waals surface area contributed by atoms with E-state index in [1.54, 1.807) is 23.7 Å². The summed E-state index contributed by atoms with van der Waals surface area (Å²) in [7, 11) is 3.94. The predicted molar refractivity (Wildman–Crippen MR) is 119 cm³/mol. The molecule has 30 heavy (non-hydrogen) atoms. The van der Waals surface area contributed by atoms with Gasteiger partial charge in [-0.2, -0.15) is 0 Å². The minimum Gasteiger partial charge on any atom is -0.394 e. The van der Waals surface area contributed by atoms with Gasteiger partial charge in [0.2, 0.25) is 5.91 Å². The quantitative estimate of drug-likeness (QED) is 0.569. The molecule has 0 radical (unpaired) electrons. The van der Waals surface area contributed by atoms with Gasteiger partial charge in [0.25, 0.3) is 0 Å². The lowest BCUT2D eigenvalue weighted by Crippen LogP contribution is -2.23. The highest BCUT2D eigenvalue weighted by atomic mass is 32.1. The van der Waals surface area contributed by atoms with Gasteiger partial charge in [0.1, 0.15) is 17.0 Å². The number of benzene rings is 1. The molecule has 2 N–H and O–H groups in total. The number of hydrogen-bond acceptors (Lipinski definition) is 7. The van der Waals surface area contributed by atoms with Crippen LogP contribution < -0.4 is 5.32 Å². The Morgan fingerprint density at radius 2 is 2.10 bits per heavy atom. The van der Waals surface area contributed by atoms with Gasteiger partial charge in [0, 0.05) is 29.6 Å². The minimum absolute atomic E-state index is 0.0114. The van der Waals surface area contributed by atoms with Gasteiger partial charge in [-0.3, -0.25) is 4.79 Å². The number of carbonyl (C=O) groups is 1. The molecule has 1 atom stereocenters. The Balaban J connectivity index is 1.58. The van der Waals surface area contributed by atoms with Crippen molar-refractivity contribution in [2.24, 2.45) is 0 Å². The van der Waals surface area contributed by atoms with E-state index < -0.39 is 0 Å². The molecule has 0 unspecified atom stereocenters. The van der Waals surface area contributed by atoms with Crippen molar-refractivity contribution in [1.29, 1.82) is 0 Å².